The third-order valence-electron chi connectivity index (χ3n) is 1.42. The van der Waals surface area contributed by atoms with Gasteiger partial charge in [-0.25, -0.2) is 0 Å². The largest absolute Gasteiger partial charge is 0.276 e. The van der Waals surface area contributed by atoms with Crippen LogP contribution in [0.2, 0.25) is 0 Å². The van der Waals surface area contributed by atoms with Gasteiger partial charge in [0.2, 0.25) is 0 Å². The number of aromatic nitrogens is 3. The maximum Gasteiger partial charge on any atom is 0.108 e. The van der Waals surface area contributed by atoms with E-state index in [-0.39, 0.29) is 0 Å². The van der Waals surface area contributed by atoms with Gasteiger partial charge in [0.15, 0.2) is 0 Å². The first-order chi connectivity index (χ1) is 5.40. The molecule has 0 spiro atoms. The molecule has 2 aromatic heterocycles. The Labute approximate surface area is 62.5 Å². The molecule has 2 aromatic rings. The van der Waals surface area contributed by atoms with Gasteiger partial charge in [-0.15, -0.1) is 0 Å². The first-order valence-corrected chi connectivity index (χ1v) is 3.09. The van der Waals surface area contributed by atoms with E-state index in [1.165, 1.54) is 6.20 Å². The fourth-order valence-corrected chi connectivity index (χ4v) is 0.892. The van der Waals surface area contributed by atoms with Crippen molar-refractivity contribution in [2.75, 3.05) is 0 Å². The number of hydrogen-bond acceptors (Lipinski definition) is 3. The molecule has 2 heterocycles. The van der Waals surface area contributed by atoms with Gasteiger partial charge in [-0.2, -0.15) is 10.4 Å². The number of hydrogen-bond donors (Lipinski definition) is 1. The van der Waals surface area contributed by atoms with E-state index < -0.39 is 0 Å². The Balaban J connectivity index is 2.79. The van der Waals surface area contributed by atoms with Crippen LogP contribution in [0.1, 0.15) is 5.56 Å². The fraction of sp³-hybridized carbons (Fsp3) is 0. The number of fused-ring (bicyclic) bond motifs is 1. The average Bonchev–Trinajstić information content (AvgIpc) is 2.50. The van der Waals surface area contributed by atoms with E-state index in [9.17, 15) is 0 Å². The van der Waals surface area contributed by atoms with Crippen LogP contribution in [0, 0.1) is 11.3 Å². The Bertz CT molecular complexity index is 423. The van der Waals surface area contributed by atoms with Gasteiger partial charge in [0.05, 0.1) is 17.3 Å². The van der Waals surface area contributed by atoms with Gasteiger partial charge in [0.1, 0.15) is 11.6 Å². The molecule has 4 nitrogen and oxygen atoms in total. The number of nitrogens with one attached hydrogen (secondary N) is 1. The topological polar surface area (TPSA) is 65.4 Å². The quantitative estimate of drug-likeness (QED) is 0.595. The van der Waals surface area contributed by atoms with E-state index in [0.29, 0.717) is 5.56 Å². The van der Waals surface area contributed by atoms with E-state index in [4.69, 9.17) is 5.26 Å². The summed E-state index contributed by atoms with van der Waals surface area (Å²) in [6.45, 7) is 0. The van der Waals surface area contributed by atoms with Gasteiger partial charge < -0.3 is 0 Å². The summed E-state index contributed by atoms with van der Waals surface area (Å²) in [6.07, 6.45) is 3.15. The summed E-state index contributed by atoms with van der Waals surface area (Å²) in [7, 11) is 0. The summed E-state index contributed by atoms with van der Waals surface area (Å²) in [5.74, 6) is 0. The smallest absolute Gasteiger partial charge is 0.108 e. The summed E-state index contributed by atoms with van der Waals surface area (Å²) in [5.41, 5.74) is 2.12. The SMILES string of the molecule is N#Cc1cnc2cn[nH]c2c1. The molecule has 52 valence electrons. The van der Waals surface area contributed by atoms with Crippen molar-refractivity contribution in [3.05, 3.63) is 24.0 Å². The number of nitrogens with zero attached hydrogens (tertiary/aromatic N) is 3. The van der Waals surface area contributed by atoms with Crippen molar-refractivity contribution >= 4 is 11.0 Å². The van der Waals surface area contributed by atoms with Crippen molar-refractivity contribution in [3.8, 4) is 6.07 Å². The van der Waals surface area contributed by atoms with Crippen LogP contribution >= 0.6 is 0 Å². The summed E-state index contributed by atoms with van der Waals surface area (Å²) in [5, 5.41) is 15.0. The Morgan fingerprint density at radius 1 is 1.45 bits per heavy atom. The zero-order chi connectivity index (χ0) is 7.68. The van der Waals surface area contributed by atoms with E-state index in [1.807, 2.05) is 6.07 Å². The number of aromatic amines is 1. The van der Waals surface area contributed by atoms with Crippen molar-refractivity contribution in [1.29, 1.82) is 5.26 Å². The van der Waals surface area contributed by atoms with Gasteiger partial charge >= 0.3 is 0 Å². The molecule has 4 heteroatoms. The minimum atomic E-state index is 0.543. The molecule has 0 aliphatic heterocycles. The lowest BCUT2D eigenvalue weighted by Gasteiger charge is -1.86. The van der Waals surface area contributed by atoms with Gasteiger partial charge in [0, 0.05) is 6.20 Å². The molecule has 0 bridgehead atoms. The molecule has 0 aliphatic rings. The molecule has 2 rings (SSSR count). The van der Waals surface area contributed by atoms with E-state index in [0.717, 1.165) is 11.0 Å². The number of pyridine rings is 1. The summed E-state index contributed by atoms with van der Waals surface area (Å²) in [6, 6.07) is 3.72. The van der Waals surface area contributed by atoms with Crippen LogP contribution in [0.15, 0.2) is 18.5 Å². The Morgan fingerprint density at radius 3 is 3.18 bits per heavy atom. The van der Waals surface area contributed by atoms with Crippen LogP contribution in [-0.4, -0.2) is 15.2 Å². The highest BCUT2D eigenvalue weighted by Gasteiger charge is 1.96. The number of rotatable bonds is 0. The van der Waals surface area contributed by atoms with E-state index in [1.54, 1.807) is 12.3 Å². The predicted octanol–water partition coefficient (Wildman–Crippen LogP) is 0.830. The molecule has 0 amide bonds. The molecule has 0 fully saturated rings. The molecule has 0 atom stereocenters. The van der Waals surface area contributed by atoms with Gasteiger partial charge in [-0.1, -0.05) is 0 Å². The summed E-state index contributed by atoms with van der Waals surface area (Å²) in [4.78, 5) is 4.00. The van der Waals surface area contributed by atoms with Crippen LogP contribution in [-0.2, 0) is 0 Å². The standard InChI is InChI=1S/C7H4N4/c8-2-5-1-6-7(9-3-5)4-10-11-6/h1,3-4H,(H,10,11). The molecule has 0 unspecified atom stereocenters. The second kappa shape index (κ2) is 2.06. The monoisotopic (exact) mass is 144 g/mol. The second-order valence-corrected chi connectivity index (χ2v) is 2.14. The first-order valence-electron chi connectivity index (χ1n) is 3.09. The Kier molecular flexibility index (Phi) is 1.10. The van der Waals surface area contributed by atoms with Crippen LogP contribution in [0.5, 0.6) is 0 Å². The van der Waals surface area contributed by atoms with Crippen molar-refractivity contribution < 1.29 is 0 Å². The molecule has 11 heavy (non-hydrogen) atoms. The minimum Gasteiger partial charge on any atom is -0.276 e. The number of H-pyrrole nitrogens is 1. The Morgan fingerprint density at radius 2 is 2.36 bits per heavy atom. The molecule has 0 saturated heterocycles. The zero-order valence-corrected chi connectivity index (χ0v) is 5.57. The zero-order valence-electron chi connectivity index (χ0n) is 5.57. The van der Waals surface area contributed by atoms with Crippen molar-refractivity contribution in [3.63, 3.8) is 0 Å². The molecule has 0 saturated carbocycles. The molecule has 0 radical (unpaired) electrons. The van der Waals surface area contributed by atoms with E-state index >= 15 is 0 Å². The van der Waals surface area contributed by atoms with Crippen LogP contribution < -0.4 is 0 Å². The van der Waals surface area contributed by atoms with Crippen LogP contribution in [0.3, 0.4) is 0 Å². The fourth-order valence-electron chi connectivity index (χ4n) is 0.892. The predicted molar refractivity (Wildman–Crippen MR) is 38.6 cm³/mol. The summed E-state index contributed by atoms with van der Waals surface area (Å²) < 4.78 is 0. The van der Waals surface area contributed by atoms with Crippen LogP contribution in [0.25, 0.3) is 11.0 Å². The third kappa shape index (κ3) is 0.829. The van der Waals surface area contributed by atoms with Gasteiger partial charge in [0.25, 0.3) is 0 Å². The van der Waals surface area contributed by atoms with E-state index in [2.05, 4.69) is 15.2 Å². The molecular formula is C7H4N4. The summed E-state index contributed by atoms with van der Waals surface area (Å²) >= 11 is 0. The molecule has 1 N–H and O–H groups in total. The Hall–Kier alpha value is -1.89. The van der Waals surface area contributed by atoms with Crippen molar-refractivity contribution in [2.45, 2.75) is 0 Å². The number of nitriles is 1. The van der Waals surface area contributed by atoms with Gasteiger partial charge in [-0.3, -0.25) is 10.1 Å². The van der Waals surface area contributed by atoms with Crippen LogP contribution in [0.4, 0.5) is 0 Å². The molecule has 0 aromatic carbocycles. The lowest BCUT2D eigenvalue weighted by atomic mass is 10.3. The minimum absolute atomic E-state index is 0.543. The molecule has 0 aliphatic carbocycles. The average molecular weight is 144 g/mol. The highest BCUT2D eigenvalue weighted by molar-refractivity contribution is 5.74. The maximum atomic E-state index is 8.51. The lowest BCUT2D eigenvalue weighted by molar-refractivity contribution is 1.12. The second-order valence-electron chi connectivity index (χ2n) is 2.14. The highest BCUT2D eigenvalue weighted by Crippen LogP contribution is 2.07. The van der Waals surface area contributed by atoms with Crippen molar-refractivity contribution in [1.82, 2.24) is 15.2 Å². The normalized spacial score (nSPS) is 9.73. The highest BCUT2D eigenvalue weighted by atomic mass is 15.1. The van der Waals surface area contributed by atoms with Gasteiger partial charge in [-0.05, 0) is 6.07 Å². The molecular weight excluding hydrogens is 140 g/mol. The first kappa shape index (κ1) is 5.86. The lowest BCUT2D eigenvalue weighted by Crippen LogP contribution is -1.77. The third-order valence-corrected chi connectivity index (χ3v) is 1.42. The maximum absolute atomic E-state index is 8.51. The van der Waals surface area contributed by atoms with Crippen molar-refractivity contribution in [2.24, 2.45) is 0 Å².